The van der Waals surface area contributed by atoms with E-state index in [2.05, 4.69) is 9.97 Å². The summed E-state index contributed by atoms with van der Waals surface area (Å²) in [6.07, 6.45) is 0. The summed E-state index contributed by atoms with van der Waals surface area (Å²) in [4.78, 5) is 19.1. The molecule has 1 heterocycles. The highest BCUT2D eigenvalue weighted by Gasteiger charge is 2.17. The number of rotatable bonds is 2. The van der Waals surface area contributed by atoms with Crippen molar-refractivity contribution in [1.82, 2.24) is 9.97 Å². The Balaban J connectivity index is 2.56. The number of ether oxygens (including phenoxy) is 1. The quantitative estimate of drug-likeness (QED) is 0.901. The smallest absolute Gasteiger partial charge is 0.251 e. The second-order valence-electron chi connectivity index (χ2n) is 5.46. The van der Waals surface area contributed by atoms with Crippen LogP contribution < -0.4 is 10.3 Å². The van der Waals surface area contributed by atoms with E-state index in [4.69, 9.17) is 4.74 Å². The first kappa shape index (κ1) is 13.3. The molecule has 0 fully saturated rings. The zero-order valence-electron chi connectivity index (χ0n) is 11.7. The van der Waals surface area contributed by atoms with Gasteiger partial charge < -0.3 is 9.72 Å². The van der Waals surface area contributed by atoms with Crippen LogP contribution >= 0.6 is 0 Å². The van der Waals surface area contributed by atoms with E-state index < -0.39 is 0 Å². The molecule has 0 saturated carbocycles. The maximum atomic E-state index is 11.8. The second kappa shape index (κ2) is 4.88. The van der Waals surface area contributed by atoms with Crippen LogP contribution in [0.5, 0.6) is 5.75 Å². The number of benzene rings is 1. The van der Waals surface area contributed by atoms with Gasteiger partial charge in [-0.1, -0.05) is 32.9 Å². The number of H-pyrrole nitrogens is 1. The van der Waals surface area contributed by atoms with Crippen LogP contribution in [0.25, 0.3) is 11.4 Å². The van der Waals surface area contributed by atoms with E-state index in [1.54, 1.807) is 13.2 Å². The van der Waals surface area contributed by atoms with Crippen molar-refractivity contribution in [3.8, 4) is 17.1 Å². The summed E-state index contributed by atoms with van der Waals surface area (Å²) in [6, 6.07) is 9.02. The summed E-state index contributed by atoms with van der Waals surface area (Å²) in [5, 5.41) is 0. The van der Waals surface area contributed by atoms with Crippen LogP contribution in [0, 0.1) is 0 Å². The Morgan fingerprint density at radius 1 is 1.21 bits per heavy atom. The molecule has 0 radical (unpaired) electrons. The van der Waals surface area contributed by atoms with Crippen molar-refractivity contribution in [2.45, 2.75) is 26.2 Å². The predicted molar refractivity (Wildman–Crippen MR) is 75.5 cm³/mol. The van der Waals surface area contributed by atoms with Gasteiger partial charge in [0.05, 0.1) is 12.8 Å². The van der Waals surface area contributed by atoms with Crippen molar-refractivity contribution in [3.63, 3.8) is 0 Å². The van der Waals surface area contributed by atoms with Crippen molar-refractivity contribution >= 4 is 0 Å². The molecule has 4 nitrogen and oxygen atoms in total. The lowest BCUT2D eigenvalue weighted by molar-refractivity contribution is 0.415. The zero-order chi connectivity index (χ0) is 14.0. The highest BCUT2D eigenvalue weighted by atomic mass is 16.5. The molecule has 1 N–H and O–H groups in total. The van der Waals surface area contributed by atoms with Crippen LogP contribution in [0.1, 0.15) is 26.5 Å². The molecule has 0 aliphatic heterocycles. The van der Waals surface area contributed by atoms with Gasteiger partial charge in [0.25, 0.3) is 5.56 Å². The van der Waals surface area contributed by atoms with Crippen LogP contribution in [-0.2, 0) is 5.41 Å². The lowest BCUT2D eigenvalue weighted by Gasteiger charge is -2.18. The Labute approximate surface area is 112 Å². The third-order valence-corrected chi connectivity index (χ3v) is 2.85. The van der Waals surface area contributed by atoms with Crippen molar-refractivity contribution in [1.29, 1.82) is 0 Å². The van der Waals surface area contributed by atoms with Crippen LogP contribution in [0.4, 0.5) is 0 Å². The van der Waals surface area contributed by atoms with E-state index in [1.807, 2.05) is 45.0 Å². The standard InChI is InChI=1S/C15H18N2O2/c1-15(2,3)12-9-13(18)17-14(16-12)10-6-5-7-11(8-10)19-4/h5-9H,1-4H3,(H,16,17,18). The van der Waals surface area contributed by atoms with Gasteiger partial charge in [-0.3, -0.25) is 4.79 Å². The molecule has 0 aliphatic carbocycles. The summed E-state index contributed by atoms with van der Waals surface area (Å²) in [5.74, 6) is 1.30. The lowest BCUT2D eigenvalue weighted by Crippen LogP contribution is -2.19. The van der Waals surface area contributed by atoms with E-state index in [0.29, 0.717) is 5.82 Å². The van der Waals surface area contributed by atoms with Crippen molar-refractivity contribution in [2.75, 3.05) is 7.11 Å². The summed E-state index contributed by atoms with van der Waals surface area (Å²) < 4.78 is 5.18. The normalized spacial score (nSPS) is 11.4. The summed E-state index contributed by atoms with van der Waals surface area (Å²) in [6.45, 7) is 6.10. The van der Waals surface area contributed by atoms with E-state index in [-0.39, 0.29) is 11.0 Å². The highest BCUT2D eigenvalue weighted by molar-refractivity contribution is 5.57. The van der Waals surface area contributed by atoms with Gasteiger partial charge >= 0.3 is 0 Å². The van der Waals surface area contributed by atoms with E-state index in [0.717, 1.165) is 17.0 Å². The Morgan fingerprint density at radius 2 is 1.95 bits per heavy atom. The van der Waals surface area contributed by atoms with E-state index in [9.17, 15) is 4.79 Å². The molecule has 0 bridgehead atoms. The maximum absolute atomic E-state index is 11.8. The Kier molecular flexibility index (Phi) is 3.42. The molecule has 0 unspecified atom stereocenters. The molecule has 4 heteroatoms. The molecule has 0 saturated heterocycles. The van der Waals surface area contributed by atoms with Gasteiger partial charge in [-0.25, -0.2) is 4.98 Å². The van der Waals surface area contributed by atoms with Crippen molar-refractivity contribution < 1.29 is 4.74 Å². The van der Waals surface area contributed by atoms with Crippen LogP contribution in [-0.4, -0.2) is 17.1 Å². The molecular formula is C15H18N2O2. The number of aromatic amines is 1. The lowest BCUT2D eigenvalue weighted by atomic mass is 9.92. The van der Waals surface area contributed by atoms with Crippen LogP contribution in [0.3, 0.4) is 0 Å². The van der Waals surface area contributed by atoms with Crippen molar-refractivity contribution in [2.24, 2.45) is 0 Å². The first-order chi connectivity index (χ1) is 8.90. The van der Waals surface area contributed by atoms with Crippen molar-refractivity contribution in [3.05, 3.63) is 46.4 Å². The Morgan fingerprint density at radius 3 is 2.58 bits per heavy atom. The van der Waals surface area contributed by atoms with Gasteiger partial charge in [0.2, 0.25) is 0 Å². The van der Waals surface area contributed by atoms with E-state index in [1.165, 1.54) is 0 Å². The first-order valence-corrected chi connectivity index (χ1v) is 6.16. The molecule has 0 atom stereocenters. The topological polar surface area (TPSA) is 55.0 Å². The molecule has 19 heavy (non-hydrogen) atoms. The van der Waals surface area contributed by atoms with Gasteiger partial charge in [0.15, 0.2) is 0 Å². The van der Waals surface area contributed by atoms with Crippen LogP contribution in [0.2, 0.25) is 0 Å². The molecule has 0 aliphatic rings. The molecule has 0 spiro atoms. The average Bonchev–Trinajstić information content (AvgIpc) is 2.37. The monoisotopic (exact) mass is 258 g/mol. The number of hydrogen-bond acceptors (Lipinski definition) is 3. The number of methoxy groups -OCH3 is 1. The number of nitrogens with zero attached hydrogens (tertiary/aromatic N) is 1. The molecule has 100 valence electrons. The minimum absolute atomic E-state index is 0.141. The Bertz CT molecular complexity index is 639. The predicted octanol–water partition coefficient (Wildman–Crippen LogP) is 2.74. The molecule has 0 amide bonds. The fourth-order valence-electron chi connectivity index (χ4n) is 1.75. The fraction of sp³-hybridized carbons (Fsp3) is 0.333. The fourth-order valence-corrected chi connectivity index (χ4v) is 1.75. The summed E-state index contributed by atoms with van der Waals surface area (Å²) in [5.41, 5.74) is 1.30. The van der Waals surface area contributed by atoms with Gasteiger partial charge in [-0.15, -0.1) is 0 Å². The minimum Gasteiger partial charge on any atom is -0.497 e. The largest absolute Gasteiger partial charge is 0.497 e. The third kappa shape index (κ3) is 3.02. The second-order valence-corrected chi connectivity index (χ2v) is 5.46. The van der Waals surface area contributed by atoms with E-state index >= 15 is 0 Å². The average molecular weight is 258 g/mol. The van der Waals surface area contributed by atoms with Gasteiger partial charge in [-0.2, -0.15) is 0 Å². The van der Waals surface area contributed by atoms with Crippen LogP contribution in [0.15, 0.2) is 35.1 Å². The molecule has 2 aromatic rings. The molecule has 1 aromatic carbocycles. The molecule has 1 aromatic heterocycles. The first-order valence-electron chi connectivity index (χ1n) is 6.16. The molecule has 2 rings (SSSR count). The van der Waals surface area contributed by atoms with Gasteiger partial charge in [0.1, 0.15) is 11.6 Å². The molecular weight excluding hydrogens is 240 g/mol. The Hall–Kier alpha value is -2.10. The minimum atomic E-state index is -0.165. The summed E-state index contributed by atoms with van der Waals surface area (Å²) >= 11 is 0. The number of nitrogens with one attached hydrogen (secondary N) is 1. The number of hydrogen-bond donors (Lipinski definition) is 1. The third-order valence-electron chi connectivity index (χ3n) is 2.85. The number of aromatic nitrogens is 2. The maximum Gasteiger partial charge on any atom is 0.251 e. The zero-order valence-corrected chi connectivity index (χ0v) is 11.7. The highest BCUT2D eigenvalue weighted by Crippen LogP contribution is 2.23. The van der Waals surface area contributed by atoms with Gasteiger partial charge in [-0.05, 0) is 12.1 Å². The van der Waals surface area contributed by atoms with Gasteiger partial charge in [0, 0.05) is 17.0 Å². The summed E-state index contributed by atoms with van der Waals surface area (Å²) in [7, 11) is 1.61. The SMILES string of the molecule is COc1cccc(-c2nc(C(C)(C)C)cc(=O)[nH]2)c1.